The maximum Gasteiger partial charge on any atom is 0.342 e. The van der Waals surface area contributed by atoms with Crippen molar-refractivity contribution in [2.75, 3.05) is 21.0 Å². The zero-order chi connectivity index (χ0) is 17.2. The molecule has 24 heavy (non-hydrogen) atoms. The minimum absolute atomic E-state index is 0.145. The molecule has 8 nitrogen and oxygen atoms in total. The zero-order valence-electron chi connectivity index (χ0n) is 13.1. The Labute approximate surface area is 138 Å². The molecule has 0 spiro atoms. The third-order valence-electron chi connectivity index (χ3n) is 5.31. The molecule has 3 N–H and O–H groups in total. The summed E-state index contributed by atoms with van der Waals surface area (Å²) in [7, 11) is 2.82. The number of amidine groups is 1. The SMILES string of the molecule is COC1(OC)[NH+]=C(N)C2(C#N)C(c3ccc4c(c3)OCO4)C12C#N. The molecule has 4 rings (SSSR count). The third-order valence-corrected chi connectivity index (χ3v) is 5.31. The van der Waals surface area contributed by atoms with E-state index in [1.54, 1.807) is 18.2 Å². The highest BCUT2D eigenvalue weighted by Gasteiger charge is 2.97. The Hall–Kier alpha value is -2.81. The number of rotatable bonds is 3. The molecule has 1 fully saturated rings. The van der Waals surface area contributed by atoms with Gasteiger partial charge < -0.3 is 18.9 Å². The highest BCUT2D eigenvalue weighted by atomic mass is 16.7. The number of nitrogens with two attached hydrogens (primary N) is 1. The fourth-order valence-corrected chi connectivity index (χ4v) is 4.21. The molecule has 0 aromatic heterocycles. The summed E-state index contributed by atoms with van der Waals surface area (Å²) < 4.78 is 21.7. The molecule has 1 aromatic carbocycles. The van der Waals surface area contributed by atoms with Gasteiger partial charge in [-0.15, -0.1) is 0 Å². The number of ether oxygens (including phenoxy) is 4. The number of nitriles is 2. The van der Waals surface area contributed by atoms with Crippen LogP contribution in [0.2, 0.25) is 0 Å². The van der Waals surface area contributed by atoms with E-state index in [2.05, 4.69) is 17.1 Å². The lowest BCUT2D eigenvalue weighted by molar-refractivity contribution is -0.687. The summed E-state index contributed by atoms with van der Waals surface area (Å²) in [4.78, 5) is 2.85. The van der Waals surface area contributed by atoms with E-state index in [4.69, 9.17) is 24.7 Å². The van der Waals surface area contributed by atoms with Crippen molar-refractivity contribution < 1.29 is 23.9 Å². The van der Waals surface area contributed by atoms with E-state index in [0.29, 0.717) is 11.5 Å². The van der Waals surface area contributed by atoms with Gasteiger partial charge in [0.1, 0.15) is 0 Å². The van der Waals surface area contributed by atoms with Gasteiger partial charge >= 0.3 is 5.91 Å². The second kappa shape index (κ2) is 4.38. The fraction of sp³-hybridized carbons (Fsp3) is 0.438. The van der Waals surface area contributed by atoms with Crippen molar-refractivity contribution in [3.8, 4) is 23.6 Å². The van der Waals surface area contributed by atoms with Crippen molar-refractivity contribution in [3.63, 3.8) is 0 Å². The summed E-state index contributed by atoms with van der Waals surface area (Å²) in [6.45, 7) is 0.145. The molecule has 2 heterocycles. The fourth-order valence-electron chi connectivity index (χ4n) is 4.21. The van der Waals surface area contributed by atoms with Gasteiger partial charge in [0, 0.05) is 20.1 Å². The Morgan fingerprint density at radius 1 is 1.21 bits per heavy atom. The number of nitrogens with zero attached hydrogens (tertiary/aromatic N) is 2. The molecule has 3 aliphatic rings. The lowest BCUT2D eigenvalue weighted by Crippen LogP contribution is -2.90. The molecule has 122 valence electrons. The van der Waals surface area contributed by atoms with Crippen molar-refractivity contribution >= 4 is 5.84 Å². The summed E-state index contributed by atoms with van der Waals surface area (Å²) in [6.07, 6.45) is 0. The molecule has 3 atom stereocenters. The molecule has 3 unspecified atom stereocenters. The summed E-state index contributed by atoms with van der Waals surface area (Å²) >= 11 is 0. The summed E-state index contributed by atoms with van der Waals surface area (Å²) in [6, 6.07) is 9.79. The van der Waals surface area contributed by atoms with Crippen LogP contribution in [0.4, 0.5) is 0 Å². The molecule has 1 aromatic rings. The Morgan fingerprint density at radius 3 is 2.54 bits per heavy atom. The first-order valence-electron chi connectivity index (χ1n) is 7.30. The second-order valence-corrected chi connectivity index (χ2v) is 5.95. The van der Waals surface area contributed by atoms with Crippen LogP contribution in [0.5, 0.6) is 11.5 Å². The Bertz CT molecular complexity index is 851. The maximum atomic E-state index is 9.98. The minimum atomic E-state index is -1.50. The number of methoxy groups -OCH3 is 2. The average Bonchev–Trinajstić information content (AvgIpc) is 2.87. The van der Waals surface area contributed by atoms with Crippen molar-refractivity contribution in [2.24, 2.45) is 16.6 Å². The van der Waals surface area contributed by atoms with E-state index < -0.39 is 22.7 Å². The number of hydrogen-bond donors (Lipinski definition) is 2. The predicted molar refractivity (Wildman–Crippen MR) is 78.3 cm³/mol. The van der Waals surface area contributed by atoms with E-state index >= 15 is 0 Å². The zero-order valence-corrected chi connectivity index (χ0v) is 13.1. The largest absolute Gasteiger partial charge is 0.454 e. The van der Waals surface area contributed by atoms with E-state index in [9.17, 15) is 10.5 Å². The molecule has 8 heteroatoms. The maximum absolute atomic E-state index is 9.98. The van der Waals surface area contributed by atoms with E-state index in [-0.39, 0.29) is 12.6 Å². The highest BCUT2D eigenvalue weighted by molar-refractivity contribution is 5.95. The van der Waals surface area contributed by atoms with E-state index in [1.165, 1.54) is 14.2 Å². The van der Waals surface area contributed by atoms with Gasteiger partial charge in [-0.3, -0.25) is 5.73 Å². The summed E-state index contributed by atoms with van der Waals surface area (Å²) in [5.41, 5.74) is 4.29. The van der Waals surface area contributed by atoms with Crippen molar-refractivity contribution in [3.05, 3.63) is 23.8 Å². The third kappa shape index (κ3) is 1.25. The molecule has 0 radical (unpaired) electrons. The lowest BCUT2D eigenvalue weighted by atomic mass is 9.93. The standard InChI is InChI=1S/C16H14N4O4/c1-21-16(22-2)15(7-18)12(14(15,6-17)13(19)20-16)9-3-4-10-11(5-9)24-8-23-10/h3-5,12H,8H2,1-2H3,(H2,19,20)/p+1. The Morgan fingerprint density at radius 2 is 1.92 bits per heavy atom. The van der Waals surface area contributed by atoms with Gasteiger partial charge in [0.25, 0.3) is 5.84 Å². The average molecular weight is 327 g/mol. The summed E-state index contributed by atoms with van der Waals surface area (Å²) in [5, 5.41) is 19.9. The summed E-state index contributed by atoms with van der Waals surface area (Å²) in [5.74, 6) is -0.650. The van der Waals surface area contributed by atoms with Gasteiger partial charge in [0.05, 0.1) is 12.1 Å². The molecular formula is C16H15N4O4+. The predicted octanol–water partition coefficient (Wildman–Crippen LogP) is -1.07. The Balaban J connectivity index is 1.91. The first-order chi connectivity index (χ1) is 11.6. The van der Waals surface area contributed by atoms with Crippen LogP contribution >= 0.6 is 0 Å². The molecular weight excluding hydrogens is 312 g/mol. The Kier molecular flexibility index (Phi) is 2.70. The van der Waals surface area contributed by atoms with Crippen LogP contribution in [0.25, 0.3) is 0 Å². The second-order valence-electron chi connectivity index (χ2n) is 5.95. The van der Waals surface area contributed by atoms with Crippen LogP contribution in [0.15, 0.2) is 18.2 Å². The molecule has 1 saturated carbocycles. The number of hydrogen-bond acceptors (Lipinski definition) is 7. The van der Waals surface area contributed by atoms with Crippen LogP contribution in [-0.4, -0.2) is 32.8 Å². The van der Waals surface area contributed by atoms with Crippen LogP contribution in [0, 0.1) is 33.5 Å². The van der Waals surface area contributed by atoms with Crippen molar-refractivity contribution in [1.29, 1.82) is 10.5 Å². The smallest absolute Gasteiger partial charge is 0.342 e. The molecule has 0 amide bonds. The first kappa shape index (κ1) is 14.8. The van der Waals surface area contributed by atoms with Gasteiger partial charge in [-0.1, -0.05) is 6.07 Å². The van der Waals surface area contributed by atoms with Crippen LogP contribution in [0.1, 0.15) is 11.5 Å². The van der Waals surface area contributed by atoms with E-state index in [1.807, 2.05) is 0 Å². The molecule has 0 bridgehead atoms. The molecule has 0 saturated heterocycles. The number of benzene rings is 1. The minimum Gasteiger partial charge on any atom is -0.454 e. The van der Waals surface area contributed by atoms with Gasteiger partial charge in [-0.25, -0.2) is 4.99 Å². The van der Waals surface area contributed by atoms with Crippen molar-refractivity contribution in [2.45, 2.75) is 11.8 Å². The number of nitrogens with one attached hydrogen (secondary N) is 1. The number of fused-ring (bicyclic) bond motifs is 2. The first-order valence-corrected chi connectivity index (χ1v) is 7.30. The van der Waals surface area contributed by atoms with E-state index in [0.717, 1.165) is 5.56 Å². The highest BCUT2D eigenvalue weighted by Crippen LogP contribution is 2.78. The molecule has 2 aliphatic heterocycles. The monoisotopic (exact) mass is 327 g/mol. The normalized spacial score (nSPS) is 34.0. The van der Waals surface area contributed by atoms with Gasteiger partial charge in [0.15, 0.2) is 22.3 Å². The van der Waals surface area contributed by atoms with Gasteiger partial charge in [0.2, 0.25) is 6.79 Å². The van der Waals surface area contributed by atoms with Gasteiger partial charge in [-0.2, -0.15) is 10.5 Å². The topological polar surface area (TPSA) is 124 Å². The van der Waals surface area contributed by atoms with Crippen LogP contribution in [-0.2, 0) is 9.47 Å². The van der Waals surface area contributed by atoms with Crippen LogP contribution < -0.4 is 20.2 Å². The van der Waals surface area contributed by atoms with Crippen LogP contribution in [0.3, 0.4) is 0 Å². The van der Waals surface area contributed by atoms with Crippen molar-refractivity contribution in [1.82, 2.24) is 0 Å². The quantitative estimate of drug-likeness (QED) is 0.677. The molecule has 1 aliphatic carbocycles. The lowest BCUT2D eigenvalue weighted by Gasteiger charge is -2.26. The van der Waals surface area contributed by atoms with Gasteiger partial charge in [-0.05, 0) is 17.7 Å².